The number of rotatable bonds is 6. The lowest BCUT2D eigenvalue weighted by molar-refractivity contribution is -0.154. The molecule has 32 heavy (non-hydrogen) atoms. The van der Waals surface area contributed by atoms with E-state index in [1.807, 2.05) is 36.4 Å². The second kappa shape index (κ2) is 9.56. The van der Waals surface area contributed by atoms with E-state index in [1.165, 1.54) is 13.8 Å². The number of ether oxygens (including phenoxy) is 1. The topological polar surface area (TPSA) is 95.9 Å². The monoisotopic (exact) mass is 434 g/mol. The molecule has 0 saturated carbocycles. The summed E-state index contributed by atoms with van der Waals surface area (Å²) in [4.78, 5) is 36.9. The second-order valence-corrected chi connectivity index (χ2v) is 7.89. The lowest BCUT2D eigenvalue weighted by Gasteiger charge is -2.32. The number of alkyl carbamates (subject to hydrolysis) is 1. The third-order valence-electron chi connectivity index (χ3n) is 5.62. The Hall–Kier alpha value is -3.79. The number of carboxylic acid groups (broad SMARTS) is 1. The summed E-state index contributed by atoms with van der Waals surface area (Å²) in [6.45, 7) is 4.85. The van der Waals surface area contributed by atoms with Crippen LogP contribution in [-0.2, 0) is 14.3 Å². The zero-order chi connectivity index (χ0) is 23.3. The first-order chi connectivity index (χ1) is 15.3. The molecule has 0 atom stereocenters. The normalized spacial score (nSPS) is 12.1. The Bertz CT molecular complexity index is 1050. The fourth-order valence-corrected chi connectivity index (χ4v) is 3.86. The number of amides is 2. The molecule has 2 amide bonds. The first kappa shape index (κ1) is 22.9. The molecule has 166 valence electrons. The summed E-state index contributed by atoms with van der Waals surface area (Å²) >= 11 is 0. The molecule has 7 nitrogen and oxygen atoms in total. The van der Waals surface area contributed by atoms with Gasteiger partial charge < -0.3 is 20.1 Å². The van der Waals surface area contributed by atoms with Crippen molar-refractivity contribution >= 4 is 18.0 Å². The molecule has 3 rings (SSSR count). The second-order valence-electron chi connectivity index (χ2n) is 7.89. The summed E-state index contributed by atoms with van der Waals surface area (Å²) in [6, 6.07) is 16.1. The fourth-order valence-electron chi connectivity index (χ4n) is 3.86. The number of hydrogen-bond acceptors (Lipinski definition) is 4. The number of likely N-dealkylation sites (N-methyl/N-ethyl adjacent to an activating group) is 1. The summed E-state index contributed by atoms with van der Waals surface area (Å²) < 4.78 is 5.41. The summed E-state index contributed by atoms with van der Waals surface area (Å²) in [5.74, 6) is 3.15. The number of aliphatic carboxylic acids is 1. The average molecular weight is 434 g/mol. The van der Waals surface area contributed by atoms with Crippen molar-refractivity contribution in [3.8, 4) is 23.0 Å². The van der Waals surface area contributed by atoms with Gasteiger partial charge in [0.25, 0.3) is 5.91 Å². The van der Waals surface area contributed by atoms with Crippen LogP contribution in [-0.4, -0.2) is 53.2 Å². The van der Waals surface area contributed by atoms with E-state index in [1.54, 1.807) is 6.92 Å². The number of fused-ring (bicyclic) bond motifs is 3. The number of carbonyl (C=O) groups excluding carboxylic acids is 2. The van der Waals surface area contributed by atoms with Gasteiger partial charge in [-0.05, 0) is 48.9 Å². The number of carbonyl (C=O) groups is 3. The summed E-state index contributed by atoms with van der Waals surface area (Å²) in [6.07, 6.45) is -0.633. The molecule has 1 aliphatic rings. The zero-order valence-corrected chi connectivity index (χ0v) is 18.3. The Morgan fingerprint density at radius 1 is 1.06 bits per heavy atom. The molecule has 7 heteroatoms. The molecule has 2 N–H and O–H groups in total. The van der Waals surface area contributed by atoms with Crippen LogP contribution in [0.1, 0.15) is 37.8 Å². The minimum absolute atomic E-state index is 0.0443. The lowest BCUT2D eigenvalue weighted by atomic mass is 9.98. The molecule has 0 bridgehead atoms. The van der Waals surface area contributed by atoms with Gasteiger partial charge in [0.1, 0.15) is 12.1 Å². The molecule has 0 fully saturated rings. The third-order valence-corrected chi connectivity index (χ3v) is 5.62. The zero-order valence-electron chi connectivity index (χ0n) is 18.3. The third kappa shape index (κ3) is 4.59. The average Bonchev–Trinajstić information content (AvgIpc) is 3.09. The van der Waals surface area contributed by atoms with Crippen LogP contribution >= 0.6 is 0 Å². The Morgan fingerprint density at radius 2 is 1.62 bits per heavy atom. The molecule has 0 spiro atoms. The van der Waals surface area contributed by atoms with Crippen LogP contribution in [0.4, 0.5) is 4.79 Å². The molecule has 0 saturated heterocycles. The Balaban J connectivity index is 1.55. The van der Waals surface area contributed by atoms with Gasteiger partial charge >= 0.3 is 12.1 Å². The summed E-state index contributed by atoms with van der Waals surface area (Å²) in [5, 5.41) is 11.8. The predicted octanol–water partition coefficient (Wildman–Crippen LogP) is 3.24. The lowest BCUT2D eigenvalue weighted by Crippen LogP contribution is -2.52. The number of nitrogens with one attached hydrogen (secondary N) is 1. The number of carboxylic acids is 1. The maximum Gasteiger partial charge on any atom is 0.407 e. The number of nitrogens with zero attached hydrogens (tertiary/aromatic N) is 1. The SMILES string of the molecule is CCN(C(=O)C#CCNC(=O)OCC1c2ccccc2-c2ccccc21)C(C)(C)C(=O)O. The molecule has 0 radical (unpaired) electrons. The van der Waals surface area contributed by atoms with Crippen LogP contribution in [0.2, 0.25) is 0 Å². The van der Waals surface area contributed by atoms with E-state index in [0.29, 0.717) is 0 Å². The molecule has 2 aromatic rings. The van der Waals surface area contributed by atoms with Gasteiger partial charge in [-0.25, -0.2) is 9.59 Å². The minimum Gasteiger partial charge on any atom is -0.480 e. The molecular formula is C25H26N2O5. The molecule has 2 aromatic carbocycles. The molecule has 1 aliphatic carbocycles. The Kier molecular flexibility index (Phi) is 6.84. The highest BCUT2D eigenvalue weighted by Crippen LogP contribution is 2.44. The van der Waals surface area contributed by atoms with E-state index < -0.39 is 23.5 Å². The standard InChI is InChI=1S/C25H26N2O5/c1-4-27(25(2,3)23(29)30)22(28)14-9-15-26-24(31)32-16-21-19-12-7-5-10-17(19)18-11-6-8-13-20(18)21/h5-8,10-13,21H,4,15-16H2,1-3H3,(H,26,31)(H,29,30). The van der Waals surface area contributed by atoms with Gasteiger partial charge in [-0.15, -0.1) is 0 Å². The van der Waals surface area contributed by atoms with Gasteiger partial charge in [0.2, 0.25) is 0 Å². The molecule has 0 aliphatic heterocycles. The first-order valence-electron chi connectivity index (χ1n) is 10.4. The highest BCUT2D eigenvalue weighted by molar-refractivity contribution is 5.97. The van der Waals surface area contributed by atoms with Crippen LogP contribution in [0.5, 0.6) is 0 Å². The van der Waals surface area contributed by atoms with Crippen molar-refractivity contribution in [2.75, 3.05) is 19.7 Å². The molecular weight excluding hydrogens is 408 g/mol. The first-order valence-corrected chi connectivity index (χ1v) is 10.4. The van der Waals surface area contributed by atoms with Crippen molar-refractivity contribution < 1.29 is 24.2 Å². The van der Waals surface area contributed by atoms with Crippen molar-refractivity contribution in [3.05, 3.63) is 59.7 Å². The quantitative estimate of drug-likeness (QED) is 0.681. The van der Waals surface area contributed by atoms with E-state index in [2.05, 4.69) is 29.3 Å². The largest absolute Gasteiger partial charge is 0.480 e. The van der Waals surface area contributed by atoms with Crippen LogP contribution < -0.4 is 5.32 Å². The van der Waals surface area contributed by atoms with E-state index in [9.17, 15) is 19.5 Å². The maximum absolute atomic E-state index is 12.2. The van der Waals surface area contributed by atoms with E-state index in [-0.39, 0.29) is 25.6 Å². The van der Waals surface area contributed by atoms with Crippen molar-refractivity contribution in [3.63, 3.8) is 0 Å². The van der Waals surface area contributed by atoms with Crippen molar-refractivity contribution in [1.82, 2.24) is 10.2 Å². The highest BCUT2D eigenvalue weighted by Gasteiger charge is 2.36. The molecule has 0 unspecified atom stereocenters. The van der Waals surface area contributed by atoms with Crippen LogP contribution in [0, 0.1) is 11.8 Å². The number of benzene rings is 2. The fraction of sp³-hybridized carbons (Fsp3) is 0.320. The number of hydrogen-bond donors (Lipinski definition) is 2. The van der Waals surface area contributed by atoms with Gasteiger partial charge in [0.05, 0.1) is 6.54 Å². The highest BCUT2D eigenvalue weighted by atomic mass is 16.5. The van der Waals surface area contributed by atoms with Gasteiger partial charge in [-0.1, -0.05) is 54.5 Å². The van der Waals surface area contributed by atoms with Crippen LogP contribution in [0.25, 0.3) is 11.1 Å². The van der Waals surface area contributed by atoms with E-state index in [4.69, 9.17) is 4.74 Å². The van der Waals surface area contributed by atoms with E-state index >= 15 is 0 Å². The Labute approximate surface area is 187 Å². The predicted molar refractivity (Wildman–Crippen MR) is 120 cm³/mol. The Morgan fingerprint density at radius 3 is 2.16 bits per heavy atom. The van der Waals surface area contributed by atoms with Gasteiger partial charge in [-0.2, -0.15) is 0 Å². The van der Waals surface area contributed by atoms with Gasteiger partial charge in [0, 0.05) is 12.5 Å². The van der Waals surface area contributed by atoms with Gasteiger partial charge in [0.15, 0.2) is 0 Å². The van der Waals surface area contributed by atoms with Crippen molar-refractivity contribution in [2.45, 2.75) is 32.2 Å². The maximum atomic E-state index is 12.2. The molecule has 0 heterocycles. The minimum atomic E-state index is -1.37. The van der Waals surface area contributed by atoms with Crippen molar-refractivity contribution in [2.24, 2.45) is 0 Å². The van der Waals surface area contributed by atoms with Crippen LogP contribution in [0.15, 0.2) is 48.5 Å². The summed E-state index contributed by atoms with van der Waals surface area (Å²) in [7, 11) is 0. The van der Waals surface area contributed by atoms with Crippen LogP contribution in [0.3, 0.4) is 0 Å². The molecule has 0 aromatic heterocycles. The van der Waals surface area contributed by atoms with E-state index in [0.717, 1.165) is 27.2 Å². The smallest absolute Gasteiger partial charge is 0.407 e. The van der Waals surface area contributed by atoms with Gasteiger partial charge in [-0.3, -0.25) is 4.79 Å². The summed E-state index contributed by atoms with van der Waals surface area (Å²) in [5.41, 5.74) is 3.15. The van der Waals surface area contributed by atoms with Crippen molar-refractivity contribution in [1.29, 1.82) is 0 Å².